The van der Waals surface area contributed by atoms with Gasteiger partial charge in [0.25, 0.3) is 5.91 Å². The highest BCUT2D eigenvalue weighted by Crippen LogP contribution is 2.11. The van der Waals surface area contributed by atoms with Crippen molar-refractivity contribution in [1.29, 1.82) is 0 Å². The minimum absolute atomic E-state index is 0.138. The number of benzene rings is 1. The molecule has 6 heteroatoms. The van der Waals surface area contributed by atoms with E-state index in [1.165, 1.54) is 0 Å². The maximum Gasteiger partial charge on any atom is 0.271 e. The van der Waals surface area contributed by atoms with E-state index in [1.54, 1.807) is 6.07 Å². The fraction of sp³-hybridized carbons (Fsp3) is 0.333. The number of hydrogen-bond donors (Lipinski definition) is 3. The van der Waals surface area contributed by atoms with E-state index in [0.29, 0.717) is 25.3 Å². The Bertz CT molecular complexity index is 554. The molecule has 2 rings (SSSR count). The summed E-state index contributed by atoms with van der Waals surface area (Å²) in [5.74, 6) is 0.539. The summed E-state index contributed by atoms with van der Waals surface area (Å²) >= 11 is 0. The average molecular weight is 289 g/mol. The molecule has 0 radical (unpaired) electrons. The molecule has 6 nitrogen and oxygen atoms in total. The van der Waals surface area contributed by atoms with Crippen LogP contribution in [-0.2, 0) is 6.61 Å². The van der Waals surface area contributed by atoms with Crippen LogP contribution in [0.15, 0.2) is 36.4 Å². The first-order valence-corrected chi connectivity index (χ1v) is 6.91. The monoisotopic (exact) mass is 289 g/mol. The lowest BCUT2D eigenvalue weighted by atomic mass is 10.3. The van der Waals surface area contributed by atoms with Crippen LogP contribution in [0.1, 0.15) is 29.0 Å². The molecule has 1 aromatic heterocycles. The highest BCUT2D eigenvalue weighted by atomic mass is 16.5. The van der Waals surface area contributed by atoms with Crippen LogP contribution in [-0.4, -0.2) is 34.4 Å². The molecule has 21 heavy (non-hydrogen) atoms. The number of aromatic nitrogens is 2. The molecule has 0 fully saturated rings. The second kappa shape index (κ2) is 8.06. The molecule has 0 spiro atoms. The summed E-state index contributed by atoms with van der Waals surface area (Å²) in [5, 5.41) is 18.2. The van der Waals surface area contributed by atoms with E-state index >= 15 is 0 Å². The van der Waals surface area contributed by atoms with Gasteiger partial charge in [-0.1, -0.05) is 18.2 Å². The number of nitrogens with one attached hydrogen (secondary N) is 2. The van der Waals surface area contributed by atoms with Gasteiger partial charge in [-0.25, -0.2) is 0 Å². The van der Waals surface area contributed by atoms with Crippen molar-refractivity contribution in [3.63, 3.8) is 0 Å². The molecule has 1 heterocycles. The Hall–Kier alpha value is -2.34. The predicted molar refractivity (Wildman–Crippen MR) is 78.0 cm³/mol. The Morgan fingerprint density at radius 1 is 1.29 bits per heavy atom. The summed E-state index contributed by atoms with van der Waals surface area (Å²) in [6.45, 7) is 0.996. The minimum Gasteiger partial charge on any atom is -0.487 e. The average Bonchev–Trinajstić information content (AvgIpc) is 2.99. The van der Waals surface area contributed by atoms with Crippen molar-refractivity contribution in [3.8, 4) is 5.75 Å². The SMILES string of the molecule is O=C(NCCCCO)c1cc(COc2ccccc2)[nH]n1. The summed E-state index contributed by atoms with van der Waals surface area (Å²) in [4.78, 5) is 11.8. The van der Waals surface area contributed by atoms with Crippen LogP contribution in [0.4, 0.5) is 0 Å². The lowest BCUT2D eigenvalue weighted by Gasteiger charge is -2.03. The number of aliphatic hydroxyl groups excluding tert-OH is 1. The summed E-state index contributed by atoms with van der Waals surface area (Å²) in [6.07, 6.45) is 1.42. The predicted octanol–water partition coefficient (Wildman–Crippen LogP) is 1.49. The zero-order valence-electron chi connectivity index (χ0n) is 11.7. The van der Waals surface area contributed by atoms with E-state index in [9.17, 15) is 4.79 Å². The van der Waals surface area contributed by atoms with Gasteiger partial charge in [-0.2, -0.15) is 5.10 Å². The third kappa shape index (κ3) is 4.92. The quantitative estimate of drug-likeness (QED) is 0.643. The fourth-order valence-electron chi connectivity index (χ4n) is 1.76. The van der Waals surface area contributed by atoms with Crippen LogP contribution in [0.25, 0.3) is 0 Å². The molecular weight excluding hydrogens is 270 g/mol. The van der Waals surface area contributed by atoms with Crippen molar-refractivity contribution in [3.05, 3.63) is 47.8 Å². The molecule has 0 unspecified atom stereocenters. The zero-order valence-corrected chi connectivity index (χ0v) is 11.7. The van der Waals surface area contributed by atoms with Crippen molar-refractivity contribution in [2.75, 3.05) is 13.2 Å². The van der Waals surface area contributed by atoms with Crippen molar-refractivity contribution in [2.24, 2.45) is 0 Å². The number of ether oxygens (including phenoxy) is 1. The third-order valence-electron chi connectivity index (χ3n) is 2.87. The van der Waals surface area contributed by atoms with Crippen LogP contribution in [0.3, 0.4) is 0 Å². The van der Waals surface area contributed by atoms with Gasteiger partial charge in [0.2, 0.25) is 0 Å². The topological polar surface area (TPSA) is 87.2 Å². The van der Waals surface area contributed by atoms with E-state index in [0.717, 1.165) is 17.9 Å². The third-order valence-corrected chi connectivity index (χ3v) is 2.87. The minimum atomic E-state index is -0.227. The van der Waals surface area contributed by atoms with Gasteiger partial charge in [0.15, 0.2) is 0 Å². The highest BCUT2D eigenvalue weighted by Gasteiger charge is 2.10. The van der Waals surface area contributed by atoms with Crippen molar-refractivity contribution < 1.29 is 14.6 Å². The summed E-state index contributed by atoms with van der Waals surface area (Å²) in [6, 6.07) is 11.1. The lowest BCUT2D eigenvalue weighted by molar-refractivity contribution is 0.0947. The van der Waals surface area contributed by atoms with E-state index in [2.05, 4.69) is 15.5 Å². The van der Waals surface area contributed by atoms with Gasteiger partial charge in [0, 0.05) is 13.2 Å². The normalized spacial score (nSPS) is 10.3. The Balaban J connectivity index is 1.79. The van der Waals surface area contributed by atoms with Crippen LogP contribution in [0.5, 0.6) is 5.75 Å². The van der Waals surface area contributed by atoms with Gasteiger partial charge in [0.05, 0.1) is 5.69 Å². The van der Waals surface area contributed by atoms with Gasteiger partial charge < -0.3 is 15.2 Å². The number of carbonyl (C=O) groups excluding carboxylic acids is 1. The molecule has 0 aliphatic rings. The number of hydrogen-bond acceptors (Lipinski definition) is 4. The Morgan fingerprint density at radius 2 is 2.10 bits per heavy atom. The largest absolute Gasteiger partial charge is 0.487 e. The maximum absolute atomic E-state index is 11.8. The van der Waals surface area contributed by atoms with Gasteiger partial charge >= 0.3 is 0 Å². The first kappa shape index (κ1) is 15.1. The standard InChI is InChI=1S/C15H19N3O3/c19-9-5-4-8-16-15(20)14-10-12(17-18-14)11-21-13-6-2-1-3-7-13/h1-3,6-7,10,19H,4-5,8-9,11H2,(H,16,20)(H,17,18). The van der Waals surface area contributed by atoms with Gasteiger partial charge in [-0.15, -0.1) is 0 Å². The van der Waals surface area contributed by atoms with E-state index in [4.69, 9.17) is 9.84 Å². The van der Waals surface area contributed by atoms with Gasteiger partial charge in [0.1, 0.15) is 18.1 Å². The molecule has 112 valence electrons. The molecule has 2 aromatic rings. The number of amides is 1. The smallest absolute Gasteiger partial charge is 0.271 e. The van der Waals surface area contributed by atoms with Crippen molar-refractivity contribution in [2.45, 2.75) is 19.4 Å². The van der Waals surface area contributed by atoms with Gasteiger partial charge in [-0.3, -0.25) is 9.89 Å². The molecule has 0 saturated heterocycles. The summed E-state index contributed by atoms with van der Waals surface area (Å²) < 4.78 is 5.57. The van der Waals surface area contributed by atoms with Crippen molar-refractivity contribution in [1.82, 2.24) is 15.5 Å². The van der Waals surface area contributed by atoms with E-state index in [1.807, 2.05) is 30.3 Å². The summed E-state index contributed by atoms with van der Waals surface area (Å²) in [5.41, 5.74) is 1.07. The number of unbranched alkanes of at least 4 members (excludes halogenated alkanes) is 1. The molecule has 0 atom stereocenters. The molecule has 1 aromatic carbocycles. The molecule has 0 bridgehead atoms. The Morgan fingerprint density at radius 3 is 2.86 bits per heavy atom. The second-order valence-corrected chi connectivity index (χ2v) is 4.57. The van der Waals surface area contributed by atoms with Gasteiger partial charge in [-0.05, 0) is 31.0 Å². The molecular formula is C15H19N3O3. The van der Waals surface area contributed by atoms with Crippen LogP contribution in [0.2, 0.25) is 0 Å². The number of carbonyl (C=O) groups is 1. The number of aliphatic hydroxyl groups is 1. The molecule has 3 N–H and O–H groups in total. The Labute approximate surface area is 123 Å². The first-order chi connectivity index (χ1) is 10.3. The Kier molecular flexibility index (Phi) is 5.78. The molecule has 0 aliphatic heterocycles. The van der Waals surface area contributed by atoms with Crippen LogP contribution < -0.4 is 10.1 Å². The van der Waals surface area contributed by atoms with E-state index in [-0.39, 0.29) is 12.5 Å². The number of H-pyrrole nitrogens is 1. The zero-order chi connectivity index (χ0) is 14.9. The lowest BCUT2D eigenvalue weighted by Crippen LogP contribution is -2.24. The van der Waals surface area contributed by atoms with Crippen LogP contribution in [0, 0.1) is 0 Å². The fourth-order valence-corrected chi connectivity index (χ4v) is 1.76. The first-order valence-electron chi connectivity index (χ1n) is 6.91. The molecule has 0 aliphatic carbocycles. The maximum atomic E-state index is 11.8. The molecule has 0 saturated carbocycles. The number of aromatic amines is 1. The summed E-state index contributed by atoms with van der Waals surface area (Å²) in [7, 11) is 0. The van der Waals surface area contributed by atoms with Crippen LogP contribution >= 0.6 is 0 Å². The number of rotatable bonds is 8. The molecule has 1 amide bonds. The highest BCUT2D eigenvalue weighted by molar-refractivity contribution is 5.92. The van der Waals surface area contributed by atoms with E-state index < -0.39 is 0 Å². The second-order valence-electron chi connectivity index (χ2n) is 4.57. The number of para-hydroxylation sites is 1. The number of nitrogens with zero attached hydrogens (tertiary/aromatic N) is 1. The van der Waals surface area contributed by atoms with Crippen molar-refractivity contribution >= 4 is 5.91 Å².